The number of ether oxygens (including phenoxy) is 1. The molecule has 1 saturated carbocycles. The second kappa shape index (κ2) is 10.1. The molecule has 3 heterocycles. The van der Waals surface area contributed by atoms with E-state index in [1.807, 2.05) is 23.2 Å². The molecule has 3 aliphatic rings. The van der Waals surface area contributed by atoms with Crippen molar-refractivity contribution in [2.24, 2.45) is 5.92 Å². The van der Waals surface area contributed by atoms with Crippen LogP contribution in [-0.2, 0) is 6.54 Å². The number of piperidine rings is 1. The Morgan fingerprint density at radius 2 is 1.73 bits per heavy atom. The maximum absolute atomic E-state index is 13.1. The van der Waals surface area contributed by atoms with E-state index in [4.69, 9.17) is 27.9 Å². The van der Waals surface area contributed by atoms with Gasteiger partial charge in [0.15, 0.2) is 0 Å². The number of hydrogen-bond donors (Lipinski definition) is 0. The number of carbonyl (C=O) groups excluding carboxylic acids is 1. The molecule has 0 N–H and O–H groups in total. The fraction of sp³-hybridized carbons (Fsp3) is 0.520. The summed E-state index contributed by atoms with van der Waals surface area (Å²) in [6.07, 6.45) is 7.81. The molecule has 0 unspecified atom stereocenters. The second-order valence-electron chi connectivity index (χ2n) is 9.35. The van der Waals surface area contributed by atoms with E-state index in [0.29, 0.717) is 41.2 Å². The first-order chi connectivity index (χ1) is 16.1. The smallest absolute Gasteiger partial charge is 0.324 e. The molecule has 1 aliphatic carbocycles. The number of benzene rings is 1. The van der Waals surface area contributed by atoms with E-state index in [9.17, 15) is 4.79 Å². The number of pyridine rings is 1. The van der Waals surface area contributed by atoms with Crippen LogP contribution in [0.15, 0.2) is 36.5 Å². The van der Waals surface area contributed by atoms with Crippen LogP contribution >= 0.6 is 23.2 Å². The van der Waals surface area contributed by atoms with E-state index in [2.05, 4.69) is 9.88 Å². The lowest BCUT2D eigenvalue weighted by atomic mass is 10.1. The molecule has 2 amide bonds. The van der Waals surface area contributed by atoms with Gasteiger partial charge in [-0.25, -0.2) is 9.78 Å². The second-order valence-corrected chi connectivity index (χ2v) is 10.2. The van der Waals surface area contributed by atoms with Gasteiger partial charge in [-0.1, -0.05) is 35.3 Å². The summed E-state index contributed by atoms with van der Waals surface area (Å²) in [5.41, 5.74) is 1.56. The van der Waals surface area contributed by atoms with Crippen molar-refractivity contribution in [3.05, 3.63) is 52.1 Å². The molecule has 1 aromatic heterocycles. The fourth-order valence-corrected chi connectivity index (χ4v) is 5.32. The molecular formula is C25H30Cl2N4O2. The predicted molar refractivity (Wildman–Crippen MR) is 131 cm³/mol. The monoisotopic (exact) mass is 488 g/mol. The molecule has 0 bridgehead atoms. The third-order valence-corrected chi connectivity index (χ3v) is 7.34. The minimum absolute atomic E-state index is 0.0884. The van der Waals surface area contributed by atoms with Crippen molar-refractivity contribution in [3.8, 4) is 5.88 Å². The van der Waals surface area contributed by atoms with E-state index >= 15 is 0 Å². The Morgan fingerprint density at radius 3 is 2.39 bits per heavy atom. The Labute approximate surface area is 205 Å². The van der Waals surface area contributed by atoms with E-state index < -0.39 is 0 Å². The topological polar surface area (TPSA) is 48.9 Å². The first kappa shape index (κ1) is 22.8. The predicted octanol–water partition coefficient (Wildman–Crippen LogP) is 5.47. The van der Waals surface area contributed by atoms with E-state index in [0.717, 1.165) is 43.8 Å². The minimum atomic E-state index is -0.0884. The summed E-state index contributed by atoms with van der Waals surface area (Å²) in [6, 6.07) is 9.13. The van der Waals surface area contributed by atoms with Crippen LogP contribution in [0.2, 0.25) is 10.0 Å². The molecule has 2 saturated heterocycles. The summed E-state index contributed by atoms with van der Waals surface area (Å²) in [7, 11) is 0. The number of amides is 2. The summed E-state index contributed by atoms with van der Waals surface area (Å²) < 4.78 is 6.14. The Kier molecular flexibility index (Phi) is 6.95. The first-order valence-electron chi connectivity index (χ1n) is 11.9. The van der Waals surface area contributed by atoms with Gasteiger partial charge in [0.2, 0.25) is 5.88 Å². The van der Waals surface area contributed by atoms with Gasteiger partial charge in [-0.3, -0.25) is 4.90 Å². The molecule has 2 aliphatic heterocycles. The number of nitrogens with zero attached hydrogens (tertiary/aromatic N) is 4. The third kappa shape index (κ3) is 5.56. The highest BCUT2D eigenvalue weighted by atomic mass is 35.5. The highest BCUT2D eigenvalue weighted by molar-refractivity contribution is 6.39. The lowest BCUT2D eigenvalue weighted by molar-refractivity contribution is 0.0944. The molecule has 6 nitrogen and oxygen atoms in total. The molecule has 8 heteroatoms. The third-order valence-electron chi connectivity index (χ3n) is 6.73. The summed E-state index contributed by atoms with van der Waals surface area (Å²) in [4.78, 5) is 23.7. The number of anilines is 1. The molecule has 0 radical (unpaired) electrons. The quantitative estimate of drug-likeness (QED) is 0.517. The number of aromatic nitrogens is 1. The van der Waals surface area contributed by atoms with Crippen molar-refractivity contribution in [2.45, 2.75) is 44.8 Å². The van der Waals surface area contributed by atoms with Crippen molar-refractivity contribution < 1.29 is 9.53 Å². The molecule has 0 atom stereocenters. The Morgan fingerprint density at radius 1 is 0.970 bits per heavy atom. The van der Waals surface area contributed by atoms with Crippen LogP contribution < -0.4 is 9.64 Å². The van der Waals surface area contributed by atoms with Crippen LogP contribution in [0.3, 0.4) is 0 Å². The molecule has 2 aromatic rings. The summed E-state index contributed by atoms with van der Waals surface area (Å²) in [5.74, 6) is 1.60. The number of hydrogen-bond acceptors (Lipinski definition) is 4. The van der Waals surface area contributed by atoms with Crippen molar-refractivity contribution in [3.63, 3.8) is 0 Å². The van der Waals surface area contributed by atoms with Crippen LogP contribution in [0.4, 0.5) is 10.5 Å². The Balaban J connectivity index is 1.16. The summed E-state index contributed by atoms with van der Waals surface area (Å²) in [6.45, 7) is 5.27. The van der Waals surface area contributed by atoms with E-state index in [-0.39, 0.29) is 12.1 Å². The van der Waals surface area contributed by atoms with Crippen LogP contribution in [0, 0.1) is 5.92 Å². The molecule has 3 fully saturated rings. The number of para-hydroxylation sites is 1. The largest absolute Gasteiger partial charge is 0.474 e. The van der Waals surface area contributed by atoms with Crippen molar-refractivity contribution in [1.82, 2.24) is 14.8 Å². The number of rotatable bonds is 7. The van der Waals surface area contributed by atoms with Gasteiger partial charge in [-0.05, 0) is 55.7 Å². The van der Waals surface area contributed by atoms with E-state index in [1.54, 1.807) is 23.1 Å². The number of carbonyl (C=O) groups is 1. The average molecular weight is 489 g/mol. The van der Waals surface area contributed by atoms with Crippen LogP contribution in [0.5, 0.6) is 5.88 Å². The van der Waals surface area contributed by atoms with Gasteiger partial charge in [0.05, 0.1) is 15.7 Å². The highest BCUT2D eigenvalue weighted by Crippen LogP contribution is 2.35. The fourth-order valence-electron chi connectivity index (χ4n) is 4.72. The number of halogens is 2. The Hall–Kier alpha value is -2.02. The van der Waals surface area contributed by atoms with Gasteiger partial charge in [0, 0.05) is 51.5 Å². The molecule has 0 spiro atoms. The van der Waals surface area contributed by atoms with Crippen molar-refractivity contribution in [2.75, 3.05) is 37.6 Å². The standard InChI is InChI=1S/C25H30Cl2N4O2/c26-21-3-1-4-22(27)24(21)31-12-2-11-30(25(31)32)17-19-7-8-23(28-15-19)33-20-9-13-29(14-10-20)16-18-5-6-18/h1,3-4,7-8,15,18,20H,2,5-6,9-14,16-17H2. The first-order valence-corrected chi connectivity index (χ1v) is 12.7. The molecule has 1 aromatic carbocycles. The van der Waals surface area contributed by atoms with Crippen LogP contribution in [0.25, 0.3) is 0 Å². The molecular weight excluding hydrogens is 459 g/mol. The van der Waals surface area contributed by atoms with Gasteiger partial charge in [0.1, 0.15) is 6.10 Å². The average Bonchev–Trinajstić information content (AvgIpc) is 3.63. The van der Waals surface area contributed by atoms with Crippen LogP contribution in [0.1, 0.15) is 37.7 Å². The summed E-state index contributed by atoms with van der Waals surface area (Å²) in [5, 5.41) is 0.971. The van der Waals surface area contributed by atoms with Crippen LogP contribution in [-0.4, -0.2) is 59.6 Å². The summed E-state index contributed by atoms with van der Waals surface area (Å²) >= 11 is 12.7. The van der Waals surface area contributed by atoms with Gasteiger partial charge in [0.25, 0.3) is 0 Å². The normalized spacial score (nSPS) is 20.4. The Bertz CT molecular complexity index is 955. The maximum atomic E-state index is 13.1. The lowest BCUT2D eigenvalue weighted by Crippen LogP contribution is -2.49. The molecule has 33 heavy (non-hydrogen) atoms. The zero-order valence-corrected chi connectivity index (χ0v) is 20.3. The zero-order valence-electron chi connectivity index (χ0n) is 18.8. The highest BCUT2D eigenvalue weighted by Gasteiger charge is 2.30. The number of urea groups is 1. The van der Waals surface area contributed by atoms with E-state index in [1.165, 1.54) is 19.4 Å². The minimum Gasteiger partial charge on any atom is -0.474 e. The molecule has 5 rings (SSSR count). The van der Waals surface area contributed by atoms with Gasteiger partial charge >= 0.3 is 6.03 Å². The van der Waals surface area contributed by atoms with Crippen molar-refractivity contribution >= 4 is 34.9 Å². The van der Waals surface area contributed by atoms with Crippen molar-refractivity contribution in [1.29, 1.82) is 0 Å². The van der Waals surface area contributed by atoms with Gasteiger partial charge in [-0.15, -0.1) is 0 Å². The lowest BCUT2D eigenvalue weighted by Gasteiger charge is -2.36. The zero-order chi connectivity index (χ0) is 22.8. The van der Waals surface area contributed by atoms with Gasteiger partial charge in [-0.2, -0.15) is 0 Å². The maximum Gasteiger partial charge on any atom is 0.324 e. The molecule has 176 valence electrons. The SMILES string of the molecule is O=C1N(Cc2ccc(OC3CCN(CC4CC4)CC3)nc2)CCCN1c1c(Cl)cccc1Cl. The van der Waals surface area contributed by atoms with Gasteiger partial charge < -0.3 is 14.5 Å². The number of likely N-dealkylation sites (tertiary alicyclic amines) is 1.